The third-order valence-electron chi connectivity index (χ3n) is 6.94. The normalized spacial score (nSPS) is 29.8. The van der Waals surface area contributed by atoms with Gasteiger partial charge < -0.3 is 14.5 Å². The van der Waals surface area contributed by atoms with Gasteiger partial charge in [0.15, 0.2) is 17.3 Å². The molecule has 0 spiro atoms. The number of furan rings is 1. The maximum Gasteiger partial charge on any atom is 0.287 e. The summed E-state index contributed by atoms with van der Waals surface area (Å²) in [5.74, 6) is 1.46. The molecule has 0 saturated heterocycles. The van der Waals surface area contributed by atoms with Crippen molar-refractivity contribution in [1.82, 2.24) is 5.32 Å². The van der Waals surface area contributed by atoms with Crippen LogP contribution in [0.15, 0.2) is 34.7 Å². The van der Waals surface area contributed by atoms with E-state index >= 15 is 0 Å². The Balaban J connectivity index is 1.17. The lowest BCUT2D eigenvalue weighted by molar-refractivity contribution is -0.0504. The Labute approximate surface area is 168 Å². The first kappa shape index (κ1) is 18.6. The lowest BCUT2D eigenvalue weighted by atomic mass is 9.49. The van der Waals surface area contributed by atoms with Crippen molar-refractivity contribution in [3.63, 3.8) is 0 Å². The van der Waals surface area contributed by atoms with Crippen LogP contribution < -0.4 is 10.1 Å². The monoisotopic (exact) mass is 401 g/mol. The molecule has 4 saturated carbocycles. The predicted molar refractivity (Wildman–Crippen MR) is 102 cm³/mol. The third kappa shape index (κ3) is 3.77. The first-order valence-corrected chi connectivity index (χ1v) is 10.4. The van der Waals surface area contributed by atoms with Gasteiger partial charge in [-0.3, -0.25) is 4.79 Å². The van der Waals surface area contributed by atoms with Crippen LogP contribution in [0.5, 0.6) is 5.75 Å². The van der Waals surface area contributed by atoms with Gasteiger partial charge in [-0.2, -0.15) is 0 Å². The Bertz CT molecular complexity index is 887. The number of hydrogen-bond acceptors (Lipinski definition) is 3. The predicted octanol–water partition coefficient (Wildman–Crippen LogP) is 5.08. The first-order chi connectivity index (χ1) is 14.0. The molecule has 6 heteroatoms. The van der Waals surface area contributed by atoms with Crippen molar-refractivity contribution in [2.45, 2.75) is 45.1 Å². The zero-order valence-electron chi connectivity index (χ0n) is 16.3. The van der Waals surface area contributed by atoms with Gasteiger partial charge in [0.2, 0.25) is 0 Å². The van der Waals surface area contributed by atoms with Crippen LogP contribution >= 0.6 is 0 Å². The Morgan fingerprint density at radius 2 is 1.76 bits per heavy atom. The number of nitrogens with one attached hydrogen (secondary N) is 1. The van der Waals surface area contributed by atoms with Crippen molar-refractivity contribution in [3.05, 3.63) is 53.5 Å². The number of ether oxygens (including phenoxy) is 1. The number of rotatable bonds is 6. The summed E-state index contributed by atoms with van der Waals surface area (Å²) in [6, 6.07) is 6.37. The van der Waals surface area contributed by atoms with E-state index in [0.29, 0.717) is 12.3 Å². The van der Waals surface area contributed by atoms with E-state index in [4.69, 9.17) is 9.15 Å². The molecule has 1 aromatic carbocycles. The van der Waals surface area contributed by atoms with E-state index in [1.807, 2.05) is 0 Å². The van der Waals surface area contributed by atoms with Gasteiger partial charge >= 0.3 is 0 Å². The molecular weight excluding hydrogens is 376 g/mol. The van der Waals surface area contributed by atoms with Gasteiger partial charge in [-0.05, 0) is 86.0 Å². The van der Waals surface area contributed by atoms with Gasteiger partial charge in [0, 0.05) is 12.6 Å². The second kappa shape index (κ2) is 7.15. The minimum Gasteiger partial charge on any atom is -0.483 e. The zero-order valence-corrected chi connectivity index (χ0v) is 16.3. The van der Waals surface area contributed by atoms with Crippen LogP contribution in [0.2, 0.25) is 0 Å². The molecule has 1 aromatic heterocycles. The molecule has 0 unspecified atom stereocenters. The molecule has 154 valence electrons. The van der Waals surface area contributed by atoms with Crippen LogP contribution in [0.1, 0.15) is 54.8 Å². The highest BCUT2D eigenvalue weighted by Gasteiger charge is 2.50. The van der Waals surface area contributed by atoms with Crippen molar-refractivity contribution in [1.29, 1.82) is 0 Å². The minimum absolute atomic E-state index is 0.0369. The molecule has 0 radical (unpaired) electrons. The van der Waals surface area contributed by atoms with Crippen LogP contribution in [0.4, 0.5) is 8.78 Å². The van der Waals surface area contributed by atoms with E-state index in [1.165, 1.54) is 44.6 Å². The van der Waals surface area contributed by atoms with Gasteiger partial charge in [0.25, 0.3) is 5.91 Å². The standard InChI is InChI=1S/C23H25F2NO3/c24-17-1-3-20(19(25)8-17)28-12-18-2-4-21(29-18)22(27)26-13-23-9-14-5-15(10-23)7-16(6-14)11-23/h1-4,8,14-16H,5-7,9-13H2,(H,26,27). The van der Waals surface area contributed by atoms with Crippen LogP contribution in [-0.2, 0) is 6.61 Å². The average molecular weight is 401 g/mol. The highest BCUT2D eigenvalue weighted by atomic mass is 19.1. The first-order valence-electron chi connectivity index (χ1n) is 10.4. The molecule has 29 heavy (non-hydrogen) atoms. The van der Waals surface area contributed by atoms with Gasteiger partial charge in [-0.15, -0.1) is 0 Å². The lowest BCUT2D eigenvalue weighted by Gasteiger charge is -2.56. The number of carbonyl (C=O) groups excluding carboxylic acids is 1. The Kier molecular flexibility index (Phi) is 4.60. The number of hydrogen-bond donors (Lipinski definition) is 1. The summed E-state index contributed by atoms with van der Waals surface area (Å²) < 4.78 is 37.5. The van der Waals surface area contributed by atoms with Crippen molar-refractivity contribution < 1.29 is 22.7 Å². The second-order valence-corrected chi connectivity index (χ2v) is 9.23. The highest BCUT2D eigenvalue weighted by Crippen LogP contribution is 2.59. The summed E-state index contributed by atoms with van der Waals surface area (Å²) in [6.07, 6.45) is 7.84. The molecule has 1 amide bonds. The Hall–Kier alpha value is -2.37. The smallest absolute Gasteiger partial charge is 0.287 e. The quantitative estimate of drug-likeness (QED) is 0.734. The van der Waals surface area contributed by atoms with E-state index in [1.54, 1.807) is 12.1 Å². The van der Waals surface area contributed by atoms with Gasteiger partial charge in [-0.25, -0.2) is 8.78 Å². The fraction of sp³-hybridized carbons (Fsp3) is 0.522. The van der Waals surface area contributed by atoms with E-state index in [9.17, 15) is 13.6 Å². The molecule has 0 aliphatic heterocycles. The molecule has 4 fully saturated rings. The largest absolute Gasteiger partial charge is 0.483 e. The summed E-state index contributed by atoms with van der Waals surface area (Å²) in [5, 5.41) is 3.08. The molecule has 6 rings (SSSR count). The van der Waals surface area contributed by atoms with Crippen molar-refractivity contribution in [2.75, 3.05) is 6.54 Å². The maximum absolute atomic E-state index is 13.6. The molecule has 4 aliphatic carbocycles. The van der Waals surface area contributed by atoms with Gasteiger partial charge in [0.1, 0.15) is 18.2 Å². The van der Waals surface area contributed by atoms with Crippen LogP contribution in [0.3, 0.4) is 0 Å². The number of carbonyl (C=O) groups is 1. The topological polar surface area (TPSA) is 51.5 Å². The fourth-order valence-electron chi connectivity index (χ4n) is 6.18. The molecule has 2 aromatic rings. The van der Waals surface area contributed by atoms with Gasteiger partial charge in [0.05, 0.1) is 0 Å². The van der Waals surface area contributed by atoms with Crippen LogP contribution in [0, 0.1) is 34.8 Å². The van der Waals surface area contributed by atoms with Crippen molar-refractivity contribution in [2.24, 2.45) is 23.2 Å². The van der Waals surface area contributed by atoms with E-state index in [2.05, 4.69) is 5.32 Å². The summed E-state index contributed by atoms with van der Waals surface area (Å²) in [5.41, 5.74) is 0.267. The lowest BCUT2D eigenvalue weighted by Crippen LogP contribution is -2.51. The maximum atomic E-state index is 13.6. The van der Waals surface area contributed by atoms with E-state index < -0.39 is 11.6 Å². The minimum atomic E-state index is -0.773. The molecule has 4 nitrogen and oxygen atoms in total. The number of benzene rings is 1. The summed E-state index contributed by atoms with van der Waals surface area (Å²) >= 11 is 0. The number of halogens is 2. The summed E-state index contributed by atoms with van der Waals surface area (Å²) in [6.45, 7) is 0.674. The molecule has 4 bridgehead atoms. The molecular formula is C23H25F2NO3. The summed E-state index contributed by atoms with van der Waals surface area (Å²) in [4.78, 5) is 12.6. The SMILES string of the molecule is O=C(NCC12CC3CC(CC(C3)C1)C2)c1ccc(COc2ccc(F)cc2F)o1. The molecule has 4 aliphatic rings. The fourth-order valence-corrected chi connectivity index (χ4v) is 6.18. The van der Waals surface area contributed by atoms with Crippen molar-refractivity contribution >= 4 is 5.91 Å². The summed E-state index contributed by atoms with van der Waals surface area (Å²) in [7, 11) is 0. The molecule has 0 atom stereocenters. The molecule has 1 heterocycles. The Morgan fingerprint density at radius 3 is 2.41 bits per heavy atom. The Morgan fingerprint density at radius 1 is 1.07 bits per heavy atom. The van der Waals surface area contributed by atoms with Gasteiger partial charge in [-0.1, -0.05) is 0 Å². The van der Waals surface area contributed by atoms with Crippen LogP contribution in [0.25, 0.3) is 0 Å². The van der Waals surface area contributed by atoms with E-state index in [-0.39, 0.29) is 29.4 Å². The molecule has 1 N–H and O–H groups in total. The van der Waals surface area contributed by atoms with Crippen molar-refractivity contribution in [3.8, 4) is 5.75 Å². The average Bonchev–Trinajstić information content (AvgIpc) is 3.13. The number of amides is 1. The third-order valence-corrected chi connectivity index (χ3v) is 6.94. The van der Waals surface area contributed by atoms with E-state index in [0.717, 1.165) is 29.9 Å². The highest BCUT2D eigenvalue weighted by molar-refractivity contribution is 5.91. The zero-order chi connectivity index (χ0) is 20.0. The second-order valence-electron chi connectivity index (χ2n) is 9.23. The van der Waals surface area contributed by atoms with Crippen LogP contribution in [-0.4, -0.2) is 12.5 Å².